The Morgan fingerprint density at radius 3 is 2.89 bits per heavy atom. The van der Waals surface area contributed by atoms with Gasteiger partial charge in [0.1, 0.15) is 0 Å². The predicted molar refractivity (Wildman–Crippen MR) is 82.1 cm³/mol. The number of hydrogen-bond donors (Lipinski definition) is 2. The number of anilines is 1. The van der Waals surface area contributed by atoms with E-state index in [-0.39, 0.29) is 18.5 Å². The van der Waals surface area contributed by atoms with Crippen molar-refractivity contribution < 1.29 is 9.53 Å². The quantitative estimate of drug-likeness (QED) is 0.743. The molecule has 1 rings (SSSR count). The summed E-state index contributed by atoms with van der Waals surface area (Å²) in [5.41, 5.74) is 0.756. The third-order valence-electron chi connectivity index (χ3n) is 2.19. The number of amides is 1. The SMILES string of the molecule is COCC(C)NC(=O)CNc1ccc(I)cc1Cl. The average Bonchev–Trinajstić information content (AvgIpc) is 2.28. The molecule has 0 saturated heterocycles. The average molecular weight is 383 g/mol. The summed E-state index contributed by atoms with van der Waals surface area (Å²) in [6.45, 7) is 2.57. The Bertz CT molecular complexity index is 415. The van der Waals surface area contributed by atoms with Crippen molar-refractivity contribution in [3.05, 3.63) is 26.8 Å². The number of benzene rings is 1. The van der Waals surface area contributed by atoms with Gasteiger partial charge in [0.15, 0.2) is 0 Å². The standard InChI is InChI=1S/C12H16ClIN2O2/c1-8(7-18-2)16-12(17)6-15-11-4-3-9(14)5-10(11)13/h3-5,8,15H,6-7H2,1-2H3,(H,16,17). The van der Waals surface area contributed by atoms with Crippen LogP contribution in [0.2, 0.25) is 5.02 Å². The minimum absolute atomic E-state index is 0.00325. The van der Waals surface area contributed by atoms with E-state index < -0.39 is 0 Å². The molecule has 0 fully saturated rings. The molecule has 1 aromatic carbocycles. The first-order chi connectivity index (χ1) is 8.52. The fraction of sp³-hybridized carbons (Fsp3) is 0.417. The monoisotopic (exact) mass is 382 g/mol. The van der Waals surface area contributed by atoms with E-state index in [1.807, 2.05) is 25.1 Å². The molecule has 0 spiro atoms. The molecule has 0 aliphatic rings. The van der Waals surface area contributed by atoms with Crippen molar-refractivity contribution in [2.24, 2.45) is 0 Å². The van der Waals surface area contributed by atoms with Gasteiger partial charge < -0.3 is 15.4 Å². The number of carbonyl (C=O) groups is 1. The van der Waals surface area contributed by atoms with Crippen molar-refractivity contribution in [3.8, 4) is 0 Å². The second kappa shape index (κ2) is 7.81. The van der Waals surface area contributed by atoms with E-state index in [0.29, 0.717) is 11.6 Å². The molecule has 1 unspecified atom stereocenters. The number of methoxy groups -OCH3 is 1. The van der Waals surface area contributed by atoms with Crippen LogP contribution < -0.4 is 10.6 Å². The van der Waals surface area contributed by atoms with Crippen LogP contribution >= 0.6 is 34.2 Å². The van der Waals surface area contributed by atoms with Crippen LogP contribution in [0.15, 0.2) is 18.2 Å². The molecule has 0 saturated carbocycles. The third kappa shape index (κ3) is 5.41. The summed E-state index contributed by atoms with van der Waals surface area (Å²) in [5.74, 6) is -0.0887. The lowest BCUT2D eigenvalue weighted by molar-refractivity contribution is -0.120. The van der Waals surface area contributed by atoms with E-state index in [4.69, 9.17) is 16.3 Å². The lowest BCUT2D eigenvalue weighted by Crippen LogP contribution is -2.39. The zero-order chi connectivity index (χ0) is 13.5. The fourth-order valence-electron chi connectivity index (χ4n) is 1.43. The Kier molecular flexibility index (Phi) is 6.73. The second-order valence-corrected chi connectivity index (χ2v) is 5.55. The molecule has 0 bridgehead atoms. The van der Waals surface area contributed by atoms with Crippen molar-refractivity contribution in [1.29, 1.82) is 0 Å². The lowest BCUT2D eigenvalue weighted by Gasteiger charge is -2.14. The largest absolute Gasteiger partial charge is 0.383 e. The number of nitrogens with one attached hydrogen (secondary N) is 2. The van der Waals surface area contributed by atoms with Gasteiger partial charge in [-0.1, -0.05) is 11.6 Å². The zero-order valence-electron chi connectivity index (χ0n) is 10.3. The highest BCUT2D eigenvalue weighted by Gasteiger charge is 2.07. The maximum Gasteiger partial charge on any atom is 0.239 e. The van der Waals surface area contributed by atoms with Gasteiger partial charge in [-0.3, -0.25) is 4.79 Å². The number of carbonyl (C=O) groups excluding carboxylic acids is 1. The van der Waals surface area contributed by atoms with Crippen LogP contribution in [0, 0.1) is 3.57 Å². The molecule has 18 heavy (non-hydrogen) atoms. The van der Waals surface area contributed by atoms with Crippen LogP contribution in [0.5, 0.6) is 0 Å². The summed E-state index contributed by atoms with van der Waals surface area (Å²) in [5, 5.41) is 6.42. The van der Waals surface area contributed by atoms with E-state index in [9.17, 15) is 4.79 Å². The molecule has 0 aliphatic heterocycles. The molecular weight excluding hydrogens is 367 g/mol. The molecule has 6 heteroatoms. The summed E-state index contributed by atoms with van der Waals surface area (Å²) in [6.07, 6.45) is 0. The number of halogens is 2. The summed E-state index contributed by atoms with van der Waals surface area (Å²) >= 11 is 8.23. The zero-order valence-corrected chi connectivity index (χ0v) is 13.2. The first-order valence-corrected chi connectivity index (χ1v) is 6.96. The van der Waals surface area contributed by atoms with Gasteiger partial charge >= 0.3 is 0 Å². The van der Waals surface area contributed by atoms with E-state index in [1.165, 1.54) is 0 Å². The van der Waals surface area contributed by atoms with Crippen LogP contribution in [-0.4, -0.2) is 32.2 Å². The van der Waals surface area contributed by atoms with Crippen LogP contribution in [-0.2, 0) is 9.53 Å². The van der Waals surface area contributed by atoms with Gasteiger partial charge in [0, 0.05) is 16.7 Å². The van der Waals surface area contributed by atoms with Gasteiger partial charge in [0.05, 0.1) is 23.9 Å². The molecule has 2 N–H and O–H groups in total. The molecular formula is C12H16ClIN2O2. The smallest absolute Gasteiger partial charge is 0.239 e. The van der Waals surface area contributed by atoms with Gasteiger partial charge in [-0.2, -0.15) is 0 Å². The van der Waals surface area contributed by atoms with Crippen LogP contribution in [0.4, 0.5) is 5.69 Å². The molecule has 0 radical (unpaired) electrons. The Balaban J connectivity index is 2.42. The maximum absolute atomic E-state index is 11.6. The number of hydrogen-bond acceptors (Lipinski definition) is 3. The summed E-state index contributed by atoms with van der Waals surface area (Å²) < 4.78 is 6.00. The minimum atomic E-state index is -0.0887. The van der Waals surface area contributed by atoms with Gasteiger partial charge in [-0.25, -0.2) is 0 Å². The minimum Gasteiger partial charge on any atom is -0.383 e. The van der Waals surface area contributed by atoms with Gasteiger partial charge in [0.25, 0.3) is 0 Å². The molecule has 1 aromatic rings. The van der Waals surface area contributed by atoms with Gasteiger partial charge in [-0.05, 0) is 47.7 Å². The third-order valence-corrected chi connectivity index (χ3v) is 3.18. The summed E-state index contributed by atoms with van der Waals surface area (Å²) in [7, 11) is 1.60. The molecule has 0 aliphatic carbocycles. The van der Waals surface area contributed by atoms with Gasteiger partial charge in [-0.15, -0.1) is 0 Å². The molecule has 1 atom stereocenters. The Morgan fingerprint density at radius 2 is 2.28 bits per heavy atom. The van der Waals surface area contributed by atoms with Crippen molar-refractivity contribution in [1.82, 2.24) is 5.32 Å². The second-order valence-electron chi connectivity index (χ2n) is 3.90. The molecule has 0 aromatic heterocycles. The molecule has 100 valence electrons. The predicted octanol–water partition coefficient (Wildman–Crippen LogP) is 2.51. The summed E-state index contributed by atoms with van der Waals surface area (Å²) in [6, 6.07) is 5.63. The highest BCUT2D eigenvalue weighted by atomic mass is 127. The van der Waals surface area contributed by atoms with E-state index in [1.54, 1.807) is 7.11 Å². The van der Waals surface area contributed by atoms with Crippen molar-refractivity contribution in [3.63, 3.8) is 0 Å². The molecule has 1 amide bonds. The highest BCUT2D eigenvalue weighted by molar-refractivity contribution is 14.1. The van der Waals surface area contributed by atoms with Gasteiger partial charge in [0.2, 0.25) is 5.91 Å². The van der Waals surface area contributed by atoms with Crippen LogP contribution in [0.25, 0.3) is 0 Å². The Morgan fingerprint density at radius 1 is 1.56 bits per heavy atom. The normalized spacial score (nSPS) is 12.0. The molecule has 4 nitrogen and oxygen atoms in total. The fourth-order valence-corrected chi connectivity index (χ4v) is 2.35. The highest BCUT2D eigenvalue weighted by Crippen LogP contribution is 2.23. The Hall–Kier alpha value is -0.530. The molecule has 0 heterocycles. The first kappa shape index (κ1) is 15.5. The van der Waals surface area contributed by atoms with Crippen LogP contribution in [0.3, 0.4) is 0 Å². The first-order valence-electron chi connectivity index (χ1n) is 5.50. The maximum atomic E-state index is 11.6. The van der Waals surface area contributed by atoms with E-state index in [0.717, 1.165) is 9.26 Å². The number of ether oxygens (including phenoxy) is 1. The van der Waals surface area contributed by atoms with Crippen molar-refractivity contribution >= 4 is 45.8 Å². The van der Waals surface area contributed by atoms with Crippen LogP contribution in [0.1, 0.15) is 6.92 Å². The van der Waals surface area contributed by atoms with Crippen molar-refractivity contribution in [2.45, 2.75) is 13.0 Å². The van der Waals surface area contributed by atoms with Crippen molar-refractivity contribution in [2.75, 3.05) is 25.6 Å². The Labute approximate surface area is 126 Å². The lowest BCUT2D eigenvalue weighted by atomic mass is 10.3. The number of rotatable bonds is 6. The summed E-state index contributed by atoms with van der Waals surface area (Å²) in [4.78, 5) is 11.6. The topological polar surface area (TPSA) is 50.4 Å². The van der Waals surface area contributed by atoms with E-state index >= 15 is 0 Å². The van der Waals surface area contributed by atoms with E-state index in [2.05, 4.69) is 33.2 Å².